The zero-order chi connectivity index (χ0) is 12.8. The van der Waals surface area contributed by atoms with E-state index in [2.05, 4.69) is 16.9 Å². The lowest BCUT2D eigenvalue weighted by molar-refractivity contribution is -0.119. The summed E-state index contributed by atoms with van der Waals surface area (Å²) in [5.41, 5.74) is 0.502. The molecule has 1 N–H and O–H groups in total. The van der Waals surface area contributed by atoms with E-state index in [9.17, 15) is 9.18 Å². The number of amides is 1. The molecular weight excluding hydrogens is 223 g/mol. The summed E-state index contributed by atoms with van der Waals surface area (Å²) in [5, 5.41) is 2.70. The van der Waals surface area contributed by atoms with E-state index >= 15 is 0 Å². The van der Waals surface area contributed by atoms with Crippen molar-refractivity contribution in [1.82, 2.24) is 10.3 Å². The van der Waals surface area contributed by atoms with Crippen molar-refractivity contribution >= 4 is 5.91 Å². The van der Waals surface area contributed by atoms with Gasteiger partial charge in [-0.05, 0) is 12.5 Å². The molecule has 1 amide bonds. The molecule has 0 aromatic carbocycles. The number of nitrogens with one attached hydrogen (secondary N) is 1. The van der Waals surface area contributed by atoms with Gasteiger partial charge in [0.1, 0.15) is 5.82 Å². The van der Waals surface area contributed by atoms with Gasteiger partial charge in [-0.2, -0.15) is 0 Å². The molecule has 92 valence electrons. The summed E-state index contributed by atoms with van der Waals surface area (Å²) in [7, 11) is 1.45. The minimum absolute atomic E-state index is 0.205. The fourth-order valence-electron chi connectivity index (χ4n) is 1.54. The number of methoxy groups -OCH3 is 1. The predicted molar refractivity (Wildman–Crippen MR) is 62.1 cm³/mol. The van der Waals surface area contributed by atoms with Crippen LogP contribution in [0.5, 0.6) is 5.88 Å². The second-order valence-corrected chi connectivity index (χ2v) is 3.53. The molecule has 4 nitrogen and oxygen atoms in total. The molecule has 0 radical (unpaired) electrons. The van der Waals surface area contributed by atoms with Gasteiger partial charge in [0.25, 0.3) is 0 Å². The van der Waals surface area contributed by atoms with Crippen LogP contribution in [-0.4, -0.2) is 18.0 Å². The highest BCUT2D eigenvalue weighted by Crippen LogP contribution is 2.26. The van der Waals surface area contributed by atoms with Crippen LogP contribution in [-0.2, 0) is 4.79 Å². The summed E-state index contributed by atoms with van der Waals surface area (Å²) in [6.07, 6.45) is 3.19. The van der Waals surface area contributed by atoms with Gasteiger partial charge in [-0.15, -0.1) is 6.58 Å². The molecule has 0 aliphatic heterocycles. The third kappa shape index (κ3) is 3.55. The molecule has 0 unspecified atom stereocenters. The number of pyridine rings is 1. The van der Waals surface area contributed by atoms with Crippen LogP contribution in [0.3, 0.4) is 0 Å². The smallest absolute Gasteiger partial charge is 0.218 e. The van der Waals surface area contributed by atoms with Gasteiger partial charge in [-0.1, -0.05) is 6.08 Å². The van der Waals surface area contributed by atoms with Crippen LogP contribution < -0.4 is 10.1 Å². The van der Waals surface area contributed by atoms with Crippen molar-refractivity contribution in [2.75, 3.05) is 7.11 Å². The predicted octanol–water partition coefficient (Wildman–Crippen LogP) is 1.98. The molecule has 0 spiro atoms. The second kappa shape index (κ2) is 5.98. The maximum absolute atomic E-state index is 13.2. The van der Waals surface area contributed by atoms with Crippen LogP contribution in [0.25, 0.3) is 0 Å². The molecule has 1 atom stereocenters. The van der Waals surface area contributed by atoms with Crippen LogP contribution in [0.4, 0.5) is 4.39 Å². The van der Waals surface area contributed by atoms with Crippen LogP contribution in [0, 0.1) is 5.82 Å². The van der Waals surface area contributed by atoms with Gasteiger partial charge in [0.2, 0.25) is 11.8 Å². The Morgan fingerprint density at radius 2 is 2.47 bits per heavy atom. The Hall–Kier alpha value is -1.91. The molecule has 0 aliphatic rings. The Labute approximate surface area is 99.5 Å². The Morgan fingerprint density at radius 3 is 3.00 bits per heavy atom. The number of nitrogens with zero attached hydrogens (tertiary/aromatic N) is 1. The van der Waals surface area contributed by atoms with E-state index < -0.39 is 5.82 Å². The number of ether oxygens (including phenoxy) is 1. The quantitative estimate of drug-likeness (QED) is 0.798. The lowest BCUT2D eigenvalue weighted by Gasteiger charge is -2.18. The average molecular weight is 238 g/mol. The number of carbonyl (C=O) groups is 1. The Kier molecular flexibility index (Phi) is 4.63. The lowest BCUT2D eigenvalue weighted by Crippen LogP contribution is -2.26. The van der Waals surface area contributed by atoms with Gasteiger partial charge in [0.15, 0.2) is 0 Å². The first-order chi connectivity index (χ1) is 8.08. The van der Waals surface area contributed by atoms with Crippen LogP contribution in [0.15, 0.2) is 24.9 Å². The van der Waals surface area contributed by atoms with Crippen molar-refractivity contribution in [3.63, 3.8) is 0 Å². The first-order valence-corrected chi connectivity index (χ1v) is 5.16. The SMILES string of the molecule is C=CC[C@@H](NC(C)=O)c1cc(F)cnc1OC. The number of rotatable bonds is 5. The molecule has 0 aliphatic carbocycles. The van der Waals surface area contributed by atoms with E-state index in [1.165, 1.54) is 20.1 Å². The van der Waals surface area contributed by atoms with Crippen molar-refractivity contribution in [3.8, 4) is 5.88 Å². The number of carbonyl (C=O) groups excluding carboxylic acids is 1. The molecule has 0 bridgehead atoms. The second-order valence-electron chi connectivity index (χ2n) is 3.53. The molecule has 0 saturated carbocycles. The van der Waals surface area contributed by atoms with E-state index in [0.29, 0.717) is 17.9 Å². The maximum atomic E-state index is 13.2. The maximum Gasteiger partial charge on any atom is 0.218 e. The van der Waals surface area contributed by atoms with Crippen molar-refractivity contribution < 1.29 is 13.9 Å². The van der Waals surface area contributed by atoms with Gasteiger partial charge >= 0.3 is 0 Å². The largest absolute Gasteiger partial charge is 0.481 e. The highest BCUT2D eigenvalue weighted by Gasteiger charge is 2.17. The molecule has 1 aromatic rings. The van der Waals surface area contributed by atoms with Gasteiger partial charge in [-0.25, -0.2) is 9.37 Å². The van der Waals surface area contributed by atoms with E-state index in [4.69, 9.17) is 4.74 Å². The molecule has 1 aromatic heterocycles. The minimum atomic E-state index is -0.472. The summed E-state index contributed by atoms with van der Waals surface area (Å²) in [6.45, 7) is 5.00. The number of aromatic nitrogens is 1. The van der Waals surface area contributed by atoms with Crippen LogP contribution in [0.2, 0.25) is 0 Å². The highest BCUT2D eigenvalue weighted by molar-refractivity contribution is 5.73. The Morgan fingerprint density at radius 1 is 1.76 bits per heavy atom. The average Bonchev–Trinajstić information content (AvgIpc) is 2.28. The monoisotopic (exact) mass is 238 g/mol. The topological polar surface area (TPSA) is 51.2 Å². The van der Waals surface area contributed by atoms with Gasteiger partial charge in [0.05, 0.1) is 19.3 Å². The zero-order valence-corrected chi connectivity index (χ0v) is 9.87. The summed E-state index contributed by atoms with van der Waals surface area (Å²) >= 11 is 0. The van der Waals surface area contributed by atoms with E-state index in [-0.39, 0.29) is 11.9 Å². The van der Waals surface area contributed by atoms with E-state index in [0.717, 1.165) is 6.20 Å². The summed E-state index contributed by atoms with van der Waals surface area (Å²) in [5.74, 6) is -0.379. The molecule has 17 heavy (non-hydrogen) atoms. The highest BCUT2D eigenvalue weighted by atomic mass is 19.1. The van der Waals surface area contributed by atoms with Crippen molar-refractivity contribution in [1.29, 1.82) is 0 Å². The molecule has 0 saturated heterocycles. The number of halogens is 1. The van der Waals surface area contributed by atoms with Crippen molar-refractivity contribution in [2.24, 2.45) is 0 Å². The fourth-order valence-corrected chi connectivity index (χ4v) is 1.54. The number of hydrogen-bond donors (Lipinski definition) is 1. The normalized spacial score (nSPS) is 11.7. The zero-order valence-electron chi connectivity index (χ0n) is 9.87. The molecule has 1 heterocycles. The van der Waals surface area contributed by atoms with E-state index in [1.54, 1.807) is 6.08 Å². The third-order valence-electron chi connectivity index (χ3n) is 2.19. The summed E-state index contributed by atoms with van der Waals surface area (Å²) in [4.78, 5) is 14.9. The summed E-state index contributed by atoms with van der Waals surface area (Å²) < 4.78 is 18.2. The molecule has 1 rings (SSSR count). The van der Waals surface area contributed by atoms with Crippen molar-refractivity contribution in [2.45, 2.75) is 19.4 Å². The molecular formula is C12H15FN2O2. The Balaban J connectivity index is 3.10. The minimum Gasteiger partial charge on any atom is -0.481 e. The molecule has 0 fully saturated rings. The van der Waals surface area contributed by atoms with Gasteiger partial charge < -0.3 is 10.1 Å². The van der Waals surface area contributed by atoms with Crippen molar-refractivity contribution in [3.05, 3.63) is 36.3 Å². The first-order valence-electron chi connectivity index (χ1n) is 5.16. The summed E-state index contributed by atoms with van der Waals surface area (Å²) in [6, 6.07) is 0.916. The van der Waals surface area contributed by atoms with E-state index in [1.807, 2.05) is 0 Å². The van der Waals surface area contributed by atoms with Gasteiger partial charge in [-0.3, -0.25) is 4.79 Å². The van der Waals surface area contributed by atoms with Gasteiger partial charge in [0, 0.05) is 12.5 Å². The molecule has 5 heteroatoms. The Bertz CT molecular complexity index is 421. The lowest BCUT2D eigenvalue weighted by atomic mass is 10.0. The third-order valence-corrected chi connectivity index (χ3v) is 2.19. The standard InChI is InChI=1S/C12H15FN2O2/c1-4-5-11(15-8(2)16)10-6-9(13)7-14-12(10)17-3/h4,6-7,11H,1,5H2,2-3H3,(H,15,16)/t11-/m1/s1. The first kappa shape index (κ1) is 13.2. The fraction of sp³-hybridized carbons (Fsp3) is 0.333. The van der Waals surface area contributed by atoms with Crippen LogP contribution >= 0.6 is 0 Å². The van der Waals surface area contributed by atoms with Crippen LogP contribution in [0.1, 0.15) is 24.9 Å². The number of hydrogen-bond acceptors (Lipinski definition) is 3.